The maximum absolute atomic E-state index is 12.6. The topological polar surface area (TPSA) is 80.6 Å². The van der Waals surface area contributed by atoms with Crippen molar-refractivity contribution in [2.45, 2.75) is 13.3 Å². The molecule has 6 nitrogen and oxygen atoms in total. The van der Waals surface area contributed by atoms with Crippen LogP contribution in [0.5, 0.6) is 5.75 Å². The molecular formula is C23H22N2O4. The summed E-state index contributed by atoms with van der Waals surface area (Å²) in [6, 6.07) is 16.5. The predicted octanol–water partition coefficient (Wildman–Crippen LogP) is 3.82. The fourth-order valence-electron chi connectivity index (χ4n) is 3.35. The molecule has 2 amide bonds. The summed E-state index contributed by atoms with van der Waals surface area (Å²) in [5.74, 6) is 0.825. The molecule has 0 aliphatic carbocycles. The molecule has 1 aliphatic heterocycles. The highest BCUT2D eigenvalue weighted by Crippen LogP contribution is 2.26. The third kappa shape index (κ3) is 4.32. The third-order valence-electron chi connectivity index (χ3n) is 5.00. The van der Waals surface area contributed by atoms with Crippen LogP contribution < -0.4 is 15.4 Å². The highest BCUT2D eigenvalue weighted by Gasteiger charge is 2.20. The number of carbonyl (C=O) groups excluding carboxylic acids is 2. The fraction of sp³-hybridized carbons (Fsp3) is 0.217. The van der Waals surface area contributed by atoms with Gasteiger partial charge in [-0.15, -0.1) is 0 Å². The summed E-state index contributed by atoms with van der Waals surface area (Å²) < 4.78 is 10.9. The minimum atomic E-state index is -0.353. The summed E-state index contributed by atoms with van der Waals surface area (Å²) >= 11 is 0. The van der Waals surface area contributed by atoms with E-state index < -0.39 is 0 Å². The molecule has 2 aromatic carbocycles. The standard InChI is InChI=1S/C23H22N2O4/c1-15-8-9-18(12-19(15)25-23(27)21-7-4-10-28-21)22(26)24-13-16-11-17-5-2-3-6-20(17)29-14-16/h2-10,12,16H,11,13-14H2,1H3,(H,24,26)(H,25,27). The Labute approximate surface area is 168 Å². The number of amides is 2. The average molecular weight is 390 g/mol. The second kappa shape index (κ2) is 8.22. The van der Waals surface area contributed by atoms with Gasteiger partial charge in [0, 0.05) is 23.7 Å². The molecular weight excluding hydrogens is 368 g/mol. The minimum absolute atomic E-state index is 0.183. The Morgan fingerprint density at radius 1 is 1.07 bits per heavy atom. The number of furan rings is 1. The fourth-order valence-corrected chi connectivity index (χ4v) is 3.35. The molecule has 0 bridgehead atoms. The monoisotopic (exact) mass is 390 g/mol. The van der Waals surface area contributed by atoms with Gasteiger partial charge >= 0.3 is 0 Å². The minimum Gasteiger partial charge on any atom is -0.493 e. The smallest absolute Gasteiger partial charge is 0.291 e. The lowest BCUT2D eigenvalue weighted by Gasteiger charge is -2.25. The number of fused-ring (bicyclic) bond motifs is 1. The van der Waals surface area contributed by atoms with Crippen LogP contribution in [0.2, 0.25) is 0 Å². The number of ether oxygens (including phenoxy) is 1. The molecule has 2 N–H and O–H groups in total. The van der Waals surface area contributed by atoms with Crippen molar-refractivity contribution < 1.29 is 18.7 Å². The molecule has 0 spiro atoms. The van der Waals surface area contributed by atoms with E-state index in [1.807, 2.05) is 31.2 Å². The van der Waals surface area contributed by atoms with Gasteiger partial charge in [-0.05, 0) is 54.8 Å². The van der Waals surface area contributed by atoms with Gasteiger partial charge in [-0.25, -0.2) is 0 Å². The second-order valence-corrected chi connectivity index (χ2v) is 7.16. The number of hydrogen-bond donors (Lipinski definition) is 2. The molecule has 148 valence electrons. The summed E-state index contributed by atoms with van der Waals surface area (Å²) in [6.07, 6.45) is 2.31. The molecule has 4 rings (SSSR count). The van der Waals surface area contributed by atoms with E-state index in [0.717, 1.165) is 23.3 Å². The van der Waals surface area contributed by atoms with E-state index >= 15 is 0 Å². The van der Waals surface area contributed by atoms with Crippen LogP contribution in [-0.2, 0) is 6.42 Å². The highest BCUT2D eigenvalue weighted by atomic mass is 16.5. The van der Waals surface area contributed by atoms with E-state index in [1.54, 1.807) is 24.3 Å². The number of rotatable bonds is 5. The average Bonchev–Trinajstić information content (AvgIpc) is 3.28. The van der Waals surface area contributed by atoms with Crippen LogP contribution in [0.1, 0.15) is 32.0 Å². The number of aryl methyl sites for hydroxylation is 1. The molecule has 0 saturated carbocycles. The Hall–Kier alpha value is -3.54. The summed E-state index contributed by atoms with van der Waals surface area (Å²) in [7, 11) is 0. The van der Waals surface area contributed by atoms with Gasteiger partial charge in [0.15, 0.2) is 5.76 Å². The first-order chi connectivity index (χ1) is 14.1. The zero-order valence-electron chi connectivity index (χ0n) is 16.1. The first-order valence-electron chi connectivity index (χ1n) is 9.54. The summed E-state index contributed by atoms with van der Waals surface area (Å²) in [4.78, 5) is 24.8. The van der Waals surface area contributed by atoms with Gasteiger partial charge in [-0.2, -0.15) is 0 Å². The Morgan fingerprint density at radius 2 is 1.93 bits per heavy atom. The van der Waals surface area contributed by atoms with E-state index in [0.29, 0.717) is 24.4 Å². The van der Waals surface area contributed by atoms with Crippen molar-refractivity contribution in [1.82, 2.24) is 5.32 Å². The van der Waals surface area contributed by atoms with Crippen molar-refractivity contribution in [3.63, 3.8) is 0 Å². The number of benzene rings is 2. The van der Waals surface area contributed by atoms with Gasteiger partial charge in [0.2, 0.25) is 0 Å². The molecule has 1 aliphatic rings. The van der Waals surface area contributed by atoms with Crippen molar-refractivity contribution >= 4 is 17.5 Å². The van der Waals surface area contributed by atoms with Crippen LogP contribution in [-0.4, -0.2) is 25.0 Å². The van der Waals surface area contributed by atoms with Crippen LogP contribution in [0, 0.1) is 12.8 Å². The maximum atomic E-state index is 12.6. The molecule has 0 fully saturated rings. The van der Waals surface area contributed by atoms with Gasteiger partial charge in [0.1, 0.15) is 5.75 Å². The van der Waals surface area contributed by atoms with Crippen LogP contribution in [0.15, 0.2) is 65.3 Å². The van der Waals surface area contributed by atoms with Crippen LogP contribution in [0.3, 0.4) is 0 Å². The number of para-hydroxylation sites is 1. The zero-order chi connectivity index (χ0) is 20.2. The summed E-state index contributed by atoms with van der Waals surface area (Å²) in [5, 5.41) is 5.77. The molecule has 1 aromatic heterocycles. The van der Waals surface area contributed by atoms with Crippen molar-refractivity contribution in [1.29, 1.82) is 0 Å². The number of carbonyl (C=O) groups is 2. The summed E-state index contributed by atoms with van der Waals surface area (Å²) in [5.41, 5.74) is 3.09. The zero-order valence-corrected chi connectivity index (χ0v) is 16.1. The van der Waals surface area contributed by atoms with Gasteiger partial charge in [0.05, 0.1) is 12.9 Å². The first kappa shape index (κ1) is 18.8. The molecule has 1 atom stereocenters. The normalized spacial score (nSPS) is 15.1. The quantitative estimate of drug-likeness (QED) is 0.694. The van der Waals surface area contributed by atoms with E-state index in [2.05, 4.69) is 16.7 Å². The Balaban J connectivity index is 1.38. The maximum Gasteiger partial charge on any atom is 0.291 e. The number of hydrogen-bond acceptors (Lipinski definition) is 4. The molecule has 29 heavy (non-hydrogen) atoms. The Bertz CT molecular complexity index is 1030. The molecule has 1 unspecified atom stereocenters. The predicted molar refractivity (Wildman–Crippen MR) is 109 cm³/mol. The van der Waals surface area contributed by atoms with Gasteiger partial charge in [-0.3, -0.25) is 9.59 Å². The highest BCUT2D eigenvalue weighted by molar-refractivity contribution is 6.03. The third-order valence-corrected chi connectivity index (χ3v) is 5.00. The van der Waals surface area contributed by atoms with Crippen LogP contribution in [0.25, 0.3) is 0 Å². The molecule has 0 saturated heterocycles. The molecule has 6 heteroatoms. The van der Waals surface area contributed by atoms with E-state index in [1.165, 1.54) is 6.26 Å². The van der Waals surface area contributed by atoms with Crippen molar-refractivity contribution in [2.24, 2.45) is 5.92 Å². The van der Waals surface area contributed by atoms with Crippen LogP contribution in [0.4, 0.5) is 5.69 Å². The van der Waals surface area contributed by atoms with E-state index in [4.69, 9.17) is 9.15 Å². The molecule has 0 radical (unpaired) electrons. The van der Waals surface area contributed by atoms with Crippen molar-refractivity contribution in [3.8, 4) is 5.75 Å². The van der Waals surface area contributed by atoms with Gasteiger partial charge in [-0.1, -0.05) is 24.3 Å². The van der Waals surface area contributed by atoms with Crippen LogP contribution >= 0.6 is 0 Å². The Kier molecular flexibility index (Phi) is 5.33. The lowest BCUT2D eigenvalue weighted by molar-refractivity contribution is 0.0937. The van der Waals surface area contributed by atoms with E-state index in [9.17, 15) is 9.59 Å². The second-order valence-electron chi connectivity index (χ2n) is 7.16. The lowest BCUT2D eigenvalue weighted by Crippen LogP contribution is -2.34. The largest absolute Gasteiger partial charge is 0.493 e. The first-order valence-corrected chi connectivity index (χ1v) is 9.54. The molecule has 2 heterocycles. The lowest BCUT2D eigenvalue weighted by atomic mass is 9.96. The van der Waals surface area contributed by atoms with Gasteiger partial charge < -0.3 is 19.8 Å². The SMILES string of the molecule is Cc1ccc(C(=O)NCC2COc3ccccc3C2)cc1NC(=O)c1ccco1. The Morgan fingerprint density at radius 3 is 2.76 bits per heavy atom. The van der Waals surface area contributed by atoms with E-state index in [-0.39, 0.29) is 23.5 Å². The van der Waals surface area contributed by atoms with Gasteiger partial charge in [0.25, 0.3) is 11.8 Å². The number of nitrogens with one attached hydrogen (secondary N) is 2. The molecule has 3 aromatic rings. The van der Waals surface area contributed by atoms with Crippen molar-refractivity contribution in [3.05, 3.63) is 83.3 Å². The number of anilines is 1. The summed E-state index contributed by atoms with van der Waals surface area (Å²) in [6.45, 7) is 2.97. The van der Waals surface area contributed by atoms with Crippen molar-refractivity contribution in [2.75, 3.05) is 18.5 Å².